The lowest BCUT2D eigenvalue weighted by Crippen LogP contribution is -2.62. The Morgan fingerprint density at radius 3 is 0.800 bits per heavy atom. The van der Waals surface area contributed by atoms with Gasteiger partial charge in [0, 0.05) is 0 Å². The Balaban J connectivity index is 0.000000648. The van der Waals surface area contributed by atoms with Crippen molar-refractivity contribution in [2.75, 3.05) is 0 Å². The third-order valence-corrected chi connectivity index (χ3v) is 6.93. The second kappa shape index (κ2) is 2.61. The van der Waals surface area contributed by atoms with Crippen molar-refractivity contribution in [2.45, 2.75) is 38.5 Å². The molecule has 0 amide bonds. The van der Waals surface area contributed by atoms with Crippen molar-refractivity contribution in [3.05, 3.63) is 0 Å². The topological polar surface area (TPSA) is 35.0 Å². The molecule has 1 heteroatoms. The Morgan fingerprint density at radius 2 is 0.600 bits per heavy atom. The average Bonchev–Trinajstić information content (AvgIpc) is 2.24. The smallest absolute Gasteiger partial charge is 0.0349 e. The molecular weight excluding hydrogens is 182 g/mol. The van der Waals surface area contributed by atoms with Gasteiger partial charge in [0.1, 0.15) is 0 Å². The van der Waals surface area contributed by atoms with Crippen LogP contribution in [0.5, 0.6) is 0 Å². The summed E-state index contributed by atoms with van der Waals surface area (Å²) >= 11 is 0. The number of hydrogen-bond donors (Lipinski definition) is 1. The van der Waals surface area contributed by atoms with Gasteiger partial charge in [0.15, 0.2) is 0 Å². The van der Waals surface area contributed by atoms with Crippen LogP contribution in [0.2, 0.25) is 0 Å². The molecule has 0 heterocycles. The summed E-state index contributed by atoms with van der Waals surface area (Å²) in [5.41, 5.74) is 0. The van der Waals surface area contributed by atoms with Gasteiger partial charge in [0.05, 0.1) is 0 Å². The second-order valence-corrected chi connectivity index (χ2v) is 7.13. The normalized spacial score (nSPS) is 67.2. The van der Waals surface area contributed by atoms with Crippen LogP contribution in [0.15, 0.2) is 0 Å². The van der Waals surface area contributed by atoms with E-state index in [1.54, 1.807) is 38.5 Å². The predicted octanol–water partition coefficient (Wildman–Crippen LogP) is 3.49. The zero-order valence-corrected chi connectivity index (χ0v) is 9.57. The largest absolute Gasteiger partial charge is 0.344 e. The summed E-state index contributed by atoms with van der Waals surface area (Å²) < 4.78 is 0. The average molecular weight is 205 g/mol. The first-order valence-corrected chi connectivity index (χ1v) is 6.90. The predicted molar refractivity (Wildman–Crippen MR) is 60.6 cm³/mol. The zero-order valence-electron chi connectivity index (χ0n) is 9.57. The quantitative estimate of drug-likeness (QED) is 0.645. The second-order valence-electron chi connectivity index (χ2n) is 7.13. The van der Waals surface area contributed by atoms with Crippen molar-refractivity contribution in [1.82, 2.24) is 6.15 Å². The summed E-state index contributed by atoms with van der Waals surface area (Å²) in [7, 11) is 0. The maximum atomic E-state index is 1.65. The molecule has 0 aromatic rings. The van der Waals surface area contributed by atoms with E-state index >= 15 is 0 Å². The first kappa shape index (κ1) is 9.04. The van der Waals surface area contributed by atoms with Gasteiger partial charge in [0.25, 0.3) is 0 Å². The molecule has 8 bridgehead atoms. The third-order valence-electron chi connectivity index (χ3n) is 6.93. The van der Waals surface area contributed by atoms with E-state index < -0.39 is 0 Å². The Labute approximate surface area is 92.6 Å². The molecule has 7 saturated carbocycles. The fourth-order valence-corrected chi connectivity index (χ4v) is 6.89. The Bertz CT molecular complexity index is 210. The number of rotatable bonds is 0. The fraction of sp³-hybridized carbons (Fsp3) is 1.00. The lowest BCUT2D eigenvalue weighted by Gasteiger charge is -2.69. The summed E-state index contributed by atoms with van der Waals surface area (Å²) in [6, 6.07) is 0. The molecule has 3 N–H and O–H groups in total. The highest BCUT2D eigenvalue weighted by atomic mass is 14.7. The molecule has 0 radical (unpaired) electrons. The monoisotopic (exact) mass is 205 g/mol. The third kappa shape index (κ3) is 0.868. The van der Waals surface area contributed by atoms with Crippen LogP contribution in [0.3, 0.4) is 0 Å². The van der Waals surface area contributed by atoms with Crippen LogP contribution in [0.4, 0.5) is 0 Å². The summed E-state index contributed by atoms with van der Waals surface area (Å²) in [4.78, 5) is 0. The van der Waals surface area contributed by atoms with E-state index in [-0.39, 0.29) is 6.15 Å². The van der Waals surface area contributed by atoms with Crippen molar-refractivity contribution >= 4 is 0 Å². The molecule has 0 saturated heterocycles. The van der Waals surface area contributed by atoms with E-state index in [2.05, 4.69) is 0 Å². The molecule has 0 aromatic heterocycles. The van der Waals surface area contributed by atoms with Crippen LogP contribution in [-0.2, 0) is 0 Å². The van der Waals surface area contributed by atoms with Crippen LogP contribution < -0.4 is 6.15 Å². The van der Waals surface area contributed by atoms with E-state index in [9.17, 15) is 0 Å². The maximum Gasteiger partial charge on any atom is -0.0349 e. The molecule has 0 aliphatic heterocycles. The Kier molecular flexibility index (Phi) is 1.57. The van der Waals surface area contributed by atoms with Gasteiger partial charge in [-0.25, -0.2) is 0 Å². The van der Waals surface area contributed by atoms with Gasteiger partial charge in [-0.1, -0.05) is 0 Å². The highest BCUT2D eigenvalue weighted by Gasteiger charge is 2.63. The lowest BCUT2D eigenvalue weighted by molar-refractivity contribution is -0.202. The molecule has 0 atom stereocenters. The van der Waals surface area contributed by atoms with Gasteiger partial charge in [-0.15, -0.1) is 0 Å². The van der Waals surface area contributed by atoms with E-state index in [1.807, 2.05) is 0 Å². The van der Waals surface area contributed by atoms with Gasteiger partial charge >= 0.3 is 0 Å². The minimum Gasteiger partial charge on any atom is -0.344 e. The Hall–Kier alpha value is -0.0400. The molecule has 1 nitrogen and oxygen atoms in total. The number of hydrogen-bond acceptors (Lipinski definition) is 1. The van der Waals surface area contributed by atoms with Crippen molar-refractivity contribution in [2.24, 2.45) is 47.3 Å². The first-order chi connectivity index (χ1) is 6.90. The minimum absolute atomic E-state index is 0. The summed E-state index contributed by atoms with van der Waals surface area (Å²) in [6.07, 6.45) is 9.93. The maximum absolute atomic E-state index is 1.65. The fourth-order valence-electron chi connectivity index (χ4n) is 6.89. The standard InChI is InChI=1S/C14H20.H3N/c1-7-2-12-10-4-8-5-11(9(1)10)13(3-7)14(12)6-8;/h7-14H,1-6H2;1H3. The lowest BCUT2D eigenvalue weighted by atomic mass is 9.36. The first-order valence-electron chi connectivity index (χ1n) is 6.90. The van der Waals surface area contributed by atoms with Crippen LogP contribution >= 0.6 is 0 Å². The van der Waals surface area contributed by atoms with E-state index in [1.165, 1.54) is 47.3 Å². The molecule has 7 rings (SSSR count). The molecule has 0 spiro atoms. The van der Waals surface area contributed by atoms with Crippen LogP contribution in [-0.4, -0.2) is 0 Å². The summed E-state index contributed by atoms with van der Waals surface area (Å²) in [5.74, 6) is 9.74. The molecule has 15 heavy (non-hydrogen) atoms. The van der Waals surface area contributed by atoms with Crippen molar-refractivity contribution < 1.29 is 0 Å². The Morgan fingerprint density at radius 1 is 0.400 bits per heavy atom. The minimum atomic E-state index is 0. The van der Waals surface area contributed by atoms with Crippen LogP contribution in [0.1, 0.15) is 38.5 Å². The van der Waals surface area contributed by atoms with Gasteiger partial charge in [-0.3, -0.25) is 0 Å². The molecule has 7 aliphatic rings. The van der Waals surface area contributed by atoms with Crippen molar-refractivity contribution in [3.8, 4) is 0 Å². The molecule has 7 aliphatic carbocycles. The van der Waals surface area contributed by atoms with Crippen molar-refractivity contribution in [1.29, 1.82) is 0 Å². The molecule has 7 fully saturated rings. The molecular formula is C14H23N. The van der Waals surface area contributed by atoms with Gasteiger partial charge in [0.2, 0.25) is 0 Å². The highest BCUT2D eigenvalue weighted by Crippen LogP contribution is 2.71. The van der Waals surface area contributed by atoms with E-state index in [0.717, 1.165) is 0 Å². The van der Waals surface area contributed by atoms with Crippen molar-refractivity contribution in [3.63, 3.8) is 0 Å². The molecule has 0 aromatic carbocycles. The summed E-state index contributed by atoms with van der Waals surface area (Å²) in [5, 5.41) is 0. The van der Waals surface area contributed by atoms with E-state index in [4.69, 9.17) is 0 Å². The SMILES string of the molecule is C1C2CC3C4CC5CC(C14)C(C2)C3C5.N. The summed E-state index contributed by atoms with van der Waals surface area (Å²) in [6.45, 7) is 0. The highest BCUT2D eigenvalue weighted by molar-refractivity contribution is 5.12. The van der Waals surface area contributed by atoms with Gasteiger partial charge < -0.3 is 6.15 Å². The zero-order chi connectivity index (χ0) is 8.86. The van der Waals surface area contributed by atoms with Crippen LogP contribution in [0, 0.1) is 47.3 Å². The molecule has 0 unspecified atom stereocenters. The van der Waals surface area contributed by atoms with Gasteiger partial charge in [-0.05, 0) is 85.9 Å². The molecule has 84 valence electrons. The van der Waals surface area contributed by atoms with Gasteiger partial charge in [-0.2, -0.15) is 0 Å². The van der Waals surface area contributed by atoms with E-state index in [0.29, 0.717) is 0 Å². The van der Waals surface area contributed by atoms with Crippen LogP contribution in [0.25, 0.3) is 0 Å².